The highest BCUT2D eigenvalue weighted by Crippen LogP contribution is 2.33. The van der Waals surface area contributed by atoms with E-state index in [4.69, 9.17) is 10.5 Å². The number of halogens is 2. The minimum absolute atomic E-state index is 0.0120. The van der Waals surface area contributed by atoms with Crippen LogP contribution in [0.4, 0.5) is 15.8 Å². The summed E-state index contributed by atoms with van der Waals surface area (Å²) in [6, 6.07) is 4.51. The molecule has 0 aliphatic heterocycles. The van der Waals surface area contributed by atoms with Gasteiger partial charge in [0.25, 0.3) is 0 Å². The van der Waals surface area contributed by atoms with Gasteiger partial charge in [0, 0.05) is 10.7 Å². The van der Waals surface area contributed by atoms with E-state index in [1.165, 1.54) is 12.3 Å². The first-order valence-electron chi connectivity index (χ1n) is 5.00. The van der Waals surface area contributed by atoms with Gasteiger partial charge in [-0.3, -0.25) is 10.1 Å². The number of aromatic nitrogens is 1. The van der Waals surface area contributed by atoms with Crippen LogP contribution >= 0.6 is 15.9 Å². The van der Waals surface area contributed by atoms with E-state index in [9.17, 15) is 14.5 Å². The lowest BCUT2D eigenvalue weighted by Gasteiger charge is -2.07. The molecule has 2 N–H and O–H groups in total. The number of pyridine rings is 1. The Morgan fingerprint density at radius 1 is 1.42 bits per heavy atom. The molecule has 8 heteroatoms. The summed E-state index contributed by atoms with van der Waals surface area (Å²) in [4.78, 5) is 13.9. The second-order valence-electron chi connectivity index (χ2n) is 3.52. The van der Waals surface area contributed by atoms with Gasteiger partial charge >= 0.3 is 5.69 Å². The van der Waals surface area contributed by atoms with Gasteiger partial charge in [0.15, 0.2) is 0 Å². The fourth-order valence-corrected chi connectivity index (χ4v) is 1.70. The van der Waals surface area contributed by atoms with Crippen LogP contribution in [0.3, 0.4) is 0 Å². The molecule has 0 saturated carbocycles. The summed E-state index contributed by atoms with van der Waals surface area (Å²) < 4.78 is 18.9. The number of nitro groups is 1. The van der Waals surface area contributed by atoms with Crippen molar-refractivity contribution in [2.45, 2.75) is 0 Å². The molecule has 0 unspecified atom stereocenters. The number of ether oxygens (including phenoxy) is 1. The van der Waals surface area contributed by atoms with Crippen LogP contribution < -0.4 is 10.5 Å². The Morgan fingerprint density at radius 3 is 2.79 bits per heavy atom. The van der Waals surface area contributed by atoms with Gasteiger partial charge in [-0.25, -0.2) is 9.37 Å². The zero-order chi connectivity index (χ0) is 14.0. The molecule has 0 radical (unpaired) electrons. The topological polar surface area (TPSA) is 91.3 Å². The largest absolute Gasteiger partial charge is 0.430 e. The summed E-state index contributed by atoms with van der Waals surface area (Å²) in [5.74, 6) is -0.846. The Bertz CT molecular complexity index is 651. The highest BCUT2D eigenvalue weighted by Gasteiger charge is 2.18. The van der Waals surface area contributed by atoms with Crippen molar-refractivity contribution in [2.75, 3.05) is 5.73 Å². The van der Waals surface area contributed by atoms with Gasteiger partial charge in [-0.15, -0.1) is 0 Å². The van der Waals surface area contributed by atoms with E-state index in [0.717, 1.165) is 18.2 Å². The molecule has 0 fully saturated rings. The summed E-state index contributed by atoms with van der Waals surface area (Å²) in [7, 11) is 0. The first kappa shape index (κ1) is 13.2. The van der Waals surface area contributed by atoms with Gasteiger partial charge in [0.1, 0.15) is 5.82 Å². The number of benzene rings is 1. The van der Waals surface area contributed by atoms with E-state index in [0.29, 0.717) is 4.47 Å². The second kappa shape index (κ2) is 5.19. The zero-order valence-corrected chi connectivity index (χ0v) is 10.9. The number of hydrogen-bond donors (Lipinski definition) is 1. The van der Waals surface area contributed by atoms with E-state index in [1.807, 2.05) is 0 Å². The number of nitro benzene ring substituents is 1. The Labute approximate surface area is 115 Å². The monoisotopic (exact) mass is 327 g/mol. The van der Waals surface area contributed by atoms with Crippen LogP contribution in [0.2, 0.25) is 0 Å². The summed E-state index contributed by atoms with van der Waals surface area (Å²) in [5, 5.41) is 10.8. The van der Waals surface area contributed by atoms with Crippen LogP contribution in [0.25, 0.3) is 0 Å². The Hall–Kier alpha value is -2.22. The Morgan fingerprint density at radius 2 is 2.16 bits per heavy atom. The van der Waals surface area contributed by atoms with Crippen LogP contribution in [0.1, 0.15) is 0 Å². The maximum absolute atomic E-state index is 13.0. The zero-order valence-electron chi connectivity index (χ0n) is 9.34. The molecule has 0 saturated heterocycles. The first-order valence-corrected chi connectivity index (χ1v) is 5.79. The summed E-state index contributed by atoms with van der Waals surface area (Å²) in [6.45, 7) is 0. The first-order chi connectivity index (χ1) is 8.97. The molecule has 6 nitrogen and oxygen atoms in total. The molecule has 0 spiro atoms. The third-order valence-corrected chi connectivity index (χ3v) is 2.60. The molecule has 0 amide bonds. The minimum Gasteiger partial charge on any atom is -0.430 e. The summed E-state index contributed by atoms with van der Waals surface area (Å²) in [6.07, 6.45) is 1.43. The average Bonchev–Trinajstić information content (AvgIpc) is 2.34. The molecule has 1 aromatic heterocycles. The van der Waals surface area contributed by atoms with Crippen LogP contribution in [0.5, 0.6) is 11.6 Å². The number of hydrogen-bond acceptors (Lipinski definition) is 5. The van der Waals surface area contributed by atoms with Crippen LogP contribution in [0.15, 0.2) is 34.9 Å². The highest BCUT2D eigenvalue weighted by molar-refractivity contribution is 9.10. The average molecular weight is 328 g/mol. The van der Waals surface area contributed by atoms with Gasteiger partial charge in [0.05, 0.1) is 16.7 Å². The normalized spacial score (nSPS) is 10.2. The van der Waals surface area contributed by atoms with Gasteiger partial charge in [-0.2, -0.15) is 0 Å². The van der Waals surface area contributed by atoms with Gasteiger partial charge in [-0.05, 0) is 34.1 Å². The third kappa shape index (κ3) is 2.97. The molecule has 0 aliphatic rings. The van der Waals surface area contributed by atoms with Crippen LogP contribution in [-0.2, 0) is 0 Å². The minimum atomic E-state index is -0.743. The maximum Gasteiger partial charge on any atom is 0.314 e. The number of rotatable bonds is 3. The van der Waals surface area contributed by atoms with Gasteiger partial charge < -0.3 is 10.5 Å². The predicted molar refractivity (Wildman–Crippen MR) is 69.5 cm³/mol. The molecule has 0 bridgehead atoms. The van der Waals surface area contributed by atoms with E-state index in [1.54, 1.807) is 0 Å². The molecule has 19 heavy (non-hydrogen) atoms. The predicted octanol–water partition coefficient (Wildman–Crippen LogP) is 3.27. The SMILES string of the molecule is Nc1cc(Br)cnc1Oc1ccc(F)cc1[N+](=O)[O-]. The van der Waals surface area contributed by atoms with Crippen molar-refractivity contribution < 1.29 is 14.1 Å². The molecule has 2 aromatic rings. The van der Waals surface area contributed by atoms with E-state index in [2.05, 4.69) is 20.9 Å². The molecular formula is C11H7BrFN3O3. The van der Waals surface area contributed by atoms with Crippen molar-refractivity contribution >= 4 is 27.3 Å². The lowest BCUT2D eigenvalue weighted by molar-refractivity contribution is -0.385. The van der Waals surface area contributed by atoms with Crippen LogP contribution in [0, 0.1) is 15.9 Å². The van der Waals surface area contributed by atoms with Gasteiger partial charge in [-0.1, -0.05) is 0 Å². The fraction of sp³-hybridized carbons (Fsp3) is 0. The van der Waals surface area contributed by atoms with Crippen molar-refractivity contribution in [2.24, 2.45) is 0 Å². The summed E-state index contributed by atoms with van der Waals surface area (Å²) in [5.41, 5.74) is 5.37. The molecular weight excluding hydrogens is 321 g/mol. The third-order valence-electron chi connectivity index (χ3n) is 2.17. The fourth-order valence-electron chi connectivity index (χ4n) is 1.35. The maximum atomic E-state index is 13.0. The standard InChI is InChI=1S/C11H7BrFN3O3/c12-6-3-8(14)11(15-5-6)19-10-2-1-7(13)4-9(10)16(17)18/h1-5H,14H2. The molecule has 2 rings (SSSR count). The smallest absolute Gasteiger partial charge is 0.314 e. The van der Waals surface area contributed by atoms with Crippen molar-refractivity contribution in [3.05, 3.63) is 50.9 Å². The number of nitrogens with zero attached hydrogens (tertiary/aromatic N) is 2. The van der Waals surface area contributed by atoms with Crippen molar-refractivity contribution in [3.8, 4) is 11.6 Å². The lowest BCUT2D eigenvalue weighted by atomic mass is 10.3. The quantitative estimate of drug-likeness (QED) is 0.690. The van der Waals surface area contributed by atoms with E-state index < -0.39 is 16.4 Å². The highest BCUT2D eigenvalue weighted by atomic mass is 79.9. The summed E-state index contributed by atoms with van der Waals surface area (Å²) >= 11 is 3.17. The molecule has 98 valence electrons. The van der Waals surface area contributed by atoms with E-state index in [-0.39, 0.29) is 17.3 Å². The molecule has 0 atom stereocenters. The van der Waals surface area contributed by atoms with Crippen molar-refractivity contribution in [1.29, 1.82) is 0 Å². The molecule has 1 heterocycles. The van der Waals surface area contributed by atoms with Crippen molar-refractivity contribution in [1.82, 2.24) is 4.98 Å². The number of nitrogen functional groups attached to an aromatic ring is 1. The van der Waals surface area contributed by atoms with Gasteiger partial charge in [0.2, 0.25) is 11.6 Å². The lowest BCUT2D eigenvalue weighted by Crippen LogP contribution is -1.98. The molecule has 0 aliphatic carbocycles. The van der Waals surface area contributed by atoms with E-state index >= 15 is 0 Å². The Balaban J connectivity index is 2.40. The number of anilines is 1. The second-order valence-corrected chi connectivity index (χ2v) is 4.43. The van der Waals surface area contributed by atoms with Crippen LogP contribution in [-0.4, -0.2) is 9.91 Å². The van der Waals surface area contributed by atoms with Crippen molar-refractivity contribution in [3.63, 3.8) is 0 Å². The molecule has 1 aromatic carbocycles. The Kier molecular flexibility index (Phi) is 3.61. The number of nitrogens with two attached hydrogens (primary N) is 1.